The van der Waals surface area contributed by atoms with Crippen LogP contribution in [0, 0.1) is 0 Å². The standard InChI is InChI=1S/C12H14N2/c1-13-10-12-8-5-9-14(12)11-6-3-2-4-7-11/h2-9,13H,10H2,1H3. The highest BCUT2D eigenvalue weighted by Crippen LogP contribution is 2.11. The Kier molecular flexibility index (Phi) is 2.65. The molecule has 0 fully saturated rings. The molecule has 0 amide bonds. The molecule has 0 spiro atoms. The van der Waals surface area contributed by atoms with E-state index in [1.807, 2.05) is 13.1 Å². The normalized spacial score (nSPS) is 10.4. The van der Waals surface area contributed by atoms with Crippen LogP contribution in [0.3, 0.4) is 0 Å². The van der Waals surface area contributed by atoms with Crippen molar-refractivity contribution >= 4 is 0 Å². The van der Waals surface area contributed by atoms with E-state index in [2.05, 4.69) is 52.5 Å². The first-order valence-corrected chi connectivity index (χ1v) is 4.78. The second-order valence-electron chi connectivity index (χ2n) is 3.24. The molecule has 1 N–H and O–H groups in total. The summed E-state index contributed by atoms with van der Waals surface area (Å²) < 4.78 is 2.19. The van der Waals surface area contributed by atoms with Gasteiger partial charge in [0.15, 0.2) is 0 Å². The molecule has 0 radical (unpaired) electrons. The number of para-hydroxylation sites is 1. The van der Waals surface area contributed by atoms with Crippen molar-refractivity contribution in [1.29, 1.82) is 0 Å². The average molecular weight is 186 g/mol. The summed E-state index contributed by atoms with van der Waals surface area (Å²) in [7, 11) is 1.96. The zero-order chi connectivity index (χ0) is 9.80. The van der Waals surface area contributed by atoms with Crippen LogP contribution in [0.1, 0.15) is 5.69 Å². The van der Waals surface area contributed by atoms with Crippen molar-refractivity contribution < 1.29 is 0 Å². The van der Waals surface area contributed by atoms with E-state index in [0.29, 0.717) is 0 Å². The van der Waals surface area contributed by atoms with Crippen LogP contribution in [0.15, 0.2) is 48.7 Å². The third-order valence-electron chi connectivity index (χ3n) is 2.23. The third kappa shape index (κ3) is 1.70. The van der Waals surface area contributed by atoms with Crippen molar-refractivity contribution in [3.05, 3.63) is 54.4 Å². The highest BCUT2D eigenvalue weighted by atomic mass is 15.0. The molecule has 0 aliphatic carbocycles. The molecule has 0 aliphatic heterocycles. The Morgan fingerprint density at radius 3 is 2.57 bits per heavy atom. The quantitative estimate of drug-likeness (QED) is 0.777. The SMILES string of the molecule is CNCc1cccn1-c1ccccc1. The van der Waals surface area contributed by atoms with Crippen LogP contribution >= 0.6 is 0 Å². The fraction of sp³-hybridized carbons (Fsp3) is 0.167. The lowest BCUT2D eigenvalue weighted by Crippen LogP contribution is -2.09. The van der Waals surface area contributed by atoms with Gasteiger partial charge in [-0.3, -0.25) is 0 Å². The van der Waals surface area contributed by atoms with Gasteiger partial charge in [0.05, 0.1) is 0 Å². The van der Waals surface area contributed by atoms with Gasteiger partial charge in [-0.2, -0.15) is 0 Å². The second kappa shape index (κ2) is 4.11. The summed E-state index contributed by atoms with van der Waals surface area (Å²) in [6, 6.07) is 14.6. The van der Waals surface area contributed by atoms with Crippen LogP contribution in [0.2, 0.25) is 0 Å². The van der Waals surface area contributed by atoms with Crippen molar-refractivity contribution in [2.45, 2.75) is 6.54 Å². The maximum Gasteiger partial charge on any atom is 0.0452 e. The zero-order valence-electron chi connectivity index (χ0n) is 8.27. The molecule has 0 aliphatic rings. The van der Waals surface area contributed by atoms with Crippen LogP contribution in [0.4, 0.5) is 0 Å². The van der Waals surface area contributed by atoms with Gasteiger partial charge in [0.1, 0.15) is 0 Å². The number of benzene rings is 1. The number of nitrogens with zero attached hydrogens (tertiary/aromatic N) is 1. The minimum Gasteiger partial charge on any atom is -0.320 e. The van der Waals surface area contributed by atoms with Crippen molar-refractivity contribution in [2.24, 2.45) is 0 Å². The monoisotopic (exact) mass is 186 g/mol. The summed E-state index contributed by atoms with van der Waals surface area (Å²) in [5.41, 5.74) is 2.49. The van der Waals surface area contributed by atoms with Gasteiger partial charge >= 0.3 is 0 Å². The van der Waals surface area contributed by atoms with Gasteiger partial charge in [0.2, 0.25) is 0 Å². The van der Waals surface area contributed by atoms with E-state index in [1.54, 1.807) is 0 Å². The van der Waals surface area contributed by atoms with E-state index in [9.17, 15) is 0 Å². The Morgan fingerprint density at radius 1 is 1.07 bits per heavy atom. The third-order valence-corrected chi connectivity index (χ3v) is 2.23. The minimum absolute atomic E-state index is 0.891. The Labute approximate surface area is 84.2 Å². The maximum absolute atomic E-state index is 3.16. The topological polar surface area (TPSA) is 17.0 Å². The maximum atomic E-state index is 3.16. The zero-order valence-corrected chi connectivity index (χ0v) is 8.27. The molecule has 1 aromatic heterocycles. The summed E-state index contributed by atoms with van der Waals surface area (Å²) in [5.74, 6) is 0. The lowest BCUT2D eigenvalue weighted by molar-refractivity contribution is 0.768. The molecule has 2 aromatic rings. The van der Waals surface area contributed by atoms with Crippen LogP contribution in [0.25, 0.3) is 5.69 Å². The molecule has 14 heavy (non-hydrogen) atoms. The van der Waals surface area contributed by atoms with Crippen LogP contribution in [-0.2, 0) is 6.54 Å². The first kappa shape index (κ1) is 9.03. The summed E-state index contributed by atoms with van der Waals surface area (Å²) in [6.07, 6.45) is 2.09. The Bertz CT molecular complexity index is 390. The summed E-state index contributed by atoms with van der Waals surface area (Å²) in [4.78, 5) is 0. The predicted molar refractivity (Wildman–Crippen MR) is 58.5 cm³/mol. The molecule has 2 rings (SSSR count). The van der Waals surface area contributed by atoms with E-state index in [4.69, 9.17) is 0 Å². The molecule has 2 heteroatoms. The molecule has 72 valence electrons. The molecule has 1 heterocycles. The van der Waals surface area contributed by atoms with Gasteiger partial charge in [-0.1, -0.05) is 18.2 Å². The number of nitrogens with one attached hydrogen (secondary N) is 1. The fourth-order valence-electron chi connectivity index (χ4n) is 1.58. The van der Waals surface area contributed by atoms with E-state index in [-0.39, 0.29) is 0 Å². The Morgan fingerprint density at radius 2 is 1.86 bits per heavy atom. The highest BCUT2D eigenvalue weighted by molar-refractivity contribution is 5.34. The largest absolute Gasteiger partial charge is 0.320 e. The van der Waals surface area contributed by atoms with E-state index < -0.39 is 0 Å². The molecule has 0 unspecified atom stereocenters. The molecular formula is C12H14N2. The van der Waals surface area contributed by atoms with E-state index >= 15 is 0 Å². The average Bonchev–Trinajstić information content (AvgIpc) is 2.68. The summed E-state index contributed by atoms with van der Waals surface area (Å²) >= 11 is 0. The molecule has 0 atom stereocenters. The molecule has 0 bridgehead atoms. The second-order valence-corrected chi connectivity index (χ2v) is 3.24. The molecule has 2 nitrogen and oxygen atoms in total. The fourth-order valence-corrected chi connectivity index (χ4v) is 1.58. The van der Waals surface area contributed by atoms with Gasteiger partial charge in [-0.25, -0.2) is 0 Å². The van der Waals surface area contributed by atoms with Gasteiger partial charge in [0.25, 0.3) is 0 Å². The highest BCUT2D eigenvalue weighted by Gasteiger charge is 2.00. The Hall–Kier alpha value is -1.54. The molecule has 1 aromatic carbocycles. The van der Waals surface area contributed by atoms with Crippen molar-refractivity contribution in [3.8, 4) is 5.69 Å². The summed E-state index contributed by atoms with van der Waals surface area (Å²) in [5, 5.41) is 3.16. The van der Waals surface area contributed by atoms with E-state index in [0.717, 1.165) is 6.54 Å². The first-order chi connectivity index (χ1) is 6.92. The van der Waals surface area contributed by atoms with Gasteiger partial charge in [-0.15, -0.1) is 0 Å². The number of hydrogen-bond acceptors (Lipinski definition) is 1. The summed E-state index contributed by atoms with van der Waals surface area (Å²) in [6.45, 7) is 0.891. The van der Waals surface area contributed by atoms with Gasteiger partial charge < -0.3 is 9.88 Å². The lowest BCUT2D eigenvalue weighted by Gasteiger charge is -2.08. The van der Waals surface area contributed by atoms with E-state index in [1.165, 1.54) is 11.4 Å². The smallest absolute Gasteiger partial charge is 0.0452 e. The molecular weight excluding hydrogens is 172 g/mol. The van der Waals surface area contributed by atoms with Crippen molar-refractivity contribution in [3.63, 3.8) is 0 Å². The van der Waals surface area contributed by atoms with Crippen molar-refractivity contribution in [1.82, 2.24) is 9.88 Å². The van der Waals surface area contributed by atoms with Crippen LogP contribution in [0.5, 0.6) is 0 Å². The molecule has 0 saturated carbocycles. The number of hydrogen-bond donors (Lipinski definition) is 1. The predicted octanol–water partition coefficient (Wildman–Crippen LogP) is 2.20. The van der Waals surface area contributed by atoms with Gasteiger partial charge in [-0.05, 0) is 31.3 Å². The number of rotatable bonds is 3. The number of aromatic nitrogens is 1. The lowest BCUT2D eigenvalue weighted by atomic mass is 10.3. The Balaban J connectivity index is 2.37. The minimum atomic E-state index is 0.891. The van der Waals surface area contributed by atoms with Crippen LogP contribution in [-0.4, -0.2) is 11.6 Å². The van der Waals surface area contributed by atoms with Crippen LogP contribution < -0.4 is 5.32 Å². The van der Waals surface area contributed by atoms with Crippen molar-refractivity contribution in [2.75, 3.05) is 7.05 Å². The molecule has 0 saturated heterocycles. The first-order valence-electron chi connectivity index (χ1n) is 4.78. The van der Waals surface area contributed by atoms with Gasteiger partial charge in [0, 0.05) is 24.1 Å².